The second-order valence-electron chi connectivity index (χ2n) is 9.36. The van der Waals surface area contributed by atoms with Crippen LogP contribution in [-0.4, -0.2) is 45.1 Å². The van der Waals surface area contributed by atoms with Gasteiger partial charge in [0.2, 0.25) is 0 Å². The van der Waals surface area contributed by atoms with Gasteiger partial charge in [-0.15, -0.1) is 0 Å². The molecular formula is C28H31ClFN5O2. The fourth-order valence-corrected chi connectivity index (χ4v) is 4.77. The van der Waals surface area contributed by atoms with Gasteiger partial charge >= 0.3 is 0 Å². The molecule has 0 spiro atoms. The van der Waals surface area contributed by atoms with Crippen molar-refractivity contribution < 1.29 is 14.3 Å². The molecular weight excluding hydrogens is 493 g/mol. The number of carbonyl (C=O) groups excluding carboxylic acids is 1. The highest BCUT2D eigenvalue weighted by atomic mass is 35.5. The van der Waals surface area contributed by atoms with E-state index in [0.717, 1.165) is 16.5 Å². The van der Waals surface area contributed by atoms with Crippen molar-refractivity contribution in [2.75, 3.05) is 23.7 Å². The highest BCUT2D eigenvalue weighted by Gasteiger charge is 2.23. The Hall–Kier alpha value is -3.33. The second-order valence-corrected chi connectivity index (χ2v) is 9.77. The number of rotatable bonds is 7. The molecule has 1 saturated heterocycles. The molecule has 2 atom stereocenters. The summed E-state index contributed by atoms with van der Waals surface area (Å²) in [4.78, 5) is 23.7. The Labute approximate surface area is 220 Å². The van der Waals surface area contributed by atoms with Gasteiger partial charge in [0, 0.05) is 41.5 Å². The molecule has 1 aliphatic heterocycles. The molecule has 7 nitrogen and oxygen atoms in total. The van der Waals surface area contributed by atoms with E-state index in [1.807, 2.05) is 43.9 Å². The number of aliphatic hydroxyl groups excluding tert-OH is 1. The van der Waals surface area contributed by atoms with Crippen LogP contribution in [-0.2, 0) is 6.54 Å². The SMILES string of the molecule is C=c1nc(NC(C)c2cc(NC(=O)c3cc(F)c(CN4CC[C@@H](O)C4)c(Cl)c3)ccc2C)cn/c1=C/C. The van der Waals surface area contributed by atoms with Gasteiger partial charge in [-0.1, -0.05) is 30.3 Å². The number of nitrogens with zero attached hydrogens (tertiary/aromatic N) is 3. The van der Waals surface area contributed by atoms with E-state index in [2.05, 4.69) is 27.2 Å². The Morgan fingerprint density at radius 3 is 2.81 bits per heavy atom. The number of amides is 1. The van der Waals surface area contributed by atoms with Crippen LogP contribution in [0.15, 0.2) is 36.5 Å². The summed E-state index contributed by atoms with van der Waals surface area (Å²) in [6.45, 7) is 11.2. The van der Waals surface area contributed by atoms with Gasteiger partial charge in [-0.2, -0.15) is 0 Å². The zero-order chi connectivity index (χ0) is 26.7. The van der Waals surface area contributed by atoms with Gasteiger partial charge in [-0.05, 0) is 62.6 Å². The van der Waals surface area contributed by atoms with Crippen LogP contribution in [0.1, 0.15) is 53.4 Å². The highest BCUT2D eigenvalue weighted by molar-refractivity contribution is 6.31. The third kappa shape index (κ3) is 6.33. The number of likely N-dealkylation sites (tertiary alicyclic amines) is 1. The highest BCUT2D eigenvalue weighted by Crippen LogP contribution is 2.27. The Morgan fingerprint density at radius 2 is 2.16 bits per heavy atom. The number of benzene rings is 2. The number of hydrogen-bond acceptors (Lipinski definition) is 6. The molecule has 0 radical (unpaired) electrons. The van der Waals surface area contributed by atoms with Crippen LogP contribution < -0.4 is 21.3 Å². The lowest BCUT2D eigenvalue weighted by molar-refractivity contribution is 0.102. The van der Waals surface area contributed by atoms with Gasteiger partial charge in [0.15, 0.2) is 0 Å². The van der Waals surface area contributed by atoms with Crippen molar-refractivity contribution in [3.8, 4) is 0 Å². The summed E-state index contributed by atoms with van der Waals surface area (Å²) in [6, 6.07) is 8.15. The van der Waals surface area contributed by atoms with Crippen LogP contribution in [0.5, 0.6) is 0 Å². The number of anilines is 2. The van der Waals surface area contributed by atoms with Crippen molar-refractivity contribution in [2.45, 2.75) is 45.9 Å². The maximum atomic E-state index is 14.9. The van der Waals surface area contributed by atoms with Crippen LogP contribution >= 0.6 is 11.6 Å². The fourth-order valence-electron chi connectivity index (χ4n) is 4.50. The minimum absolute atomic E-state index is 0.128. The number of aromatic nitrogens is 2. The van der Waals surface area contributed by atoms with Crippen LogP contribution in [0.25, 0.3) is 12.7 Å². The summed E-state index contributed by atoms with van der Waals surface area (Å²) in [5.74, 6) is -0.400. The van der Waals surface area contributed by atoms with Gasteiger partial charge < -0.3 is 15.7 Å². The quantitative estimate of drug-likeness (QED) is 0.437. The van der Waals surface area contributed by atoms with Gasteiger partial charge in [0.25, 0.3) is 5.91 Å². The molecule has 194 valence electrons. The summed E-state index contributed by atoms with van der Waals surface area (Å²) in [5, 5.41) is 17.4. The molecule has 2 heterocycles. The molecule has 1 unspecified atom stereocenters. The van der Waals surface area contributed by atoms with E-state index in [1.54, 1.807) is 12.3 Å². The van der Waals surface area contributed by atoms with E-state index in [-0.39, 0.29) is 23.2 Å². The normalized spacial score (nSPS) is 17.1. The maximum absolute atomic E-state index is 14.9. The number of aliphatic hydroxyl groups is 1. The lowest BCUT2D eigenvalue weighted by atomic mass is 10.0. The van der Waals surface area contributed by atoms with E-state index < -0.39 is 17.8 Å². The van der Waals surface area contributed by atoms with Crippen molar-refractivity contribution in [1.82, 2.24) is 14.9 Å². The molecule has 1 aliphatic rings. The monoisotopic (exact) mass is 523 g/mol. The Balaban J connectivity index is 1.48. The first-order valence-corrected chi connectivity index (χ1v) is 12.6. The van der Waals surface area contributed by atoms with Crippen molar-refractivity contribution in [2.24, 2.45) is 0 Å². The molecule has 1 amide bonds. The van der Waals surface area contributed by atoms with Gasteiger partial charge in [0.05, 0.1) is 29.0 Å². The first-order valence-electron chi connectivity index (χ1n) is 12.2. The average Bonchev–Trinajstić information content (AvgIpc) is 3.27. The van der Waals surface area contributed by atoms with Crippen LogP contribution in [0.2, 0.25) is 5.02 Å². The predicted molar refractivity (Wildman–Crippen MR) is 145 cm³/mol. The molecule has 4 rings (SSSR count). The summed E-state index contributed by atoms with van der Waals surface area (Å²) in [5.41, 5.74) is 3.02. The molecule has 9 heteroatoms. The minimum Gasteiger partial charge on any atom is -0.392 e. The van der Waals surface area contributed by atoms with Crippen molar-refractivity contribution in [3.63, 3.8) is 0 Å². The number of hydrogen-bond donors (Lipinski definition) is 3. The smallest absolute Gasteiger partial charge is 0.255 e. The Morgan fingerprint density at radius 1 is 1.38 bits per heavy atom. The van der Waals surface area contributed by atoms with Crippen molar-refractivity contribution in [1.29, 1.82) is 0 Å². The predicted octanol–water partition coefficient (Wildman–Crippen LogP) is 3.78. The first kappa shape index (κ1) is 26.7. The topological polar surface area (TPSA) is 90.4 Å². The molecule has 0 bridgehead atoms. The molecule has 37 heavy (non-hydrogen) atoms. The van der Waals surface area contributed by atoms with E-state index >= 15 is 0 Å². The summed E-state index contributed by atoms with van der Waals surface area (Å²) in [7, 11) is 0. The van der Waals surface area contributed by atoms with E-state index in [1.165, 1.54) is 12.1 Å². The maximum Gasteiger partial charge on any atom is 0.255 e. The molecule has 3 N–H and O–H groups in total. The van der Waals surface area contributed by atoms with E-state index in [9.17, 15) is 14.3 Å². The largest absolute Gasteiger partial charge is 0.392 e. The molecule has 0 aliphatic carbocycles. The van der Waals surface area contributed by atoms with Crippen LogP contribution in [0.3, 0.4) is 0 Å². The van der Waals surface area contributed by atoms with Crippen LogP contribution in [0, 0.1) is 12.7 Å². The van der Waals surface area contributed by atoms with Crippen molar-refractivity contribution >= 4 is 41.7 Å². The zero-order valence-electron chi connectivity index (χ0n) is 21.2. The number of aryl methyl sites for hydroxylation is 1. The fraction of sp³-hybridized carbons (Fsp3) is 0.321. The summed E-state index contributed by atoms with van der Waals surface area (Å²) in [6.07, 6.45) is 3.76. The van der Waals surface area contributed by atoms with E-state index in [0.29, 0.717) is 41.9 Å². The summed E-state index contributed by atoms with van der Waals surface area (Å²) < 4.78 is 14.9. The number of nitrogens with one attached hydrogen (secondary N) is 2. The molecule has 2 aromatic carbocycles. The number of β-amino-alcohol motifs (C(OH)–C–C–N with tert-alkyl or cyclic N) is 1. The number of halogens is 2. The average molecular weight is 524 g/mol. The molecule has 1 aromatic heterocycles. The third-order valence-corrected chi connectivity index (χ3v) is 6.89. The minimum atomic E-state index is -0.543. The molecule has 3 aromatic rings. The van der Waals surface area contributed by atoms with E-state index in [4.69, 9.17) is 11.6 Å². The molecule has 0 saturated carbocycles. The number of carbonyl (C=O) groups is 1. The first-order chi connectivity index (χ1) is 17.6. The summed E-state index contributed by atoms with van der Waals surface area (Å²) >= 11 is 6.36. The lowest BCUT2D eigenvalue weighted by Gasteiger charge is -2.19. The Kier molecular flexibility index (Phi) is 8.22. The third-order valence-electron chi connectivity index (χ3n) is 6.55. The zero-order valence-corrected chi connectivity index (χ0v) is 21.9. The molecule has 1 fully saturated rings. The van der Waals surface area contributed by atoms with Gasteiger partial charge in [-0.3, -0.25) is 14.7 Å². The van der Waals surface area contributed by atoms with Gasteiger partial charge in [0.1, 0.15) is 11.6 Å². The lowest BCUT2D eigenvalue weighted by Crippen LogP contribution is -2.30. The second kappa shape index (κ2) is 11.4. The Bertz CT molecular complexity index is 1410. The van der Waals surface area contributed by atoms with Gasteiger partial charge in [-0.25, -0.2) is 9.37 Å². The van der Waals surface area contributed by atoms with Crippen molar-refractivity contribution in [3.05, 3.63) is 80.3 Å². The standard InChI is InChI=1S/C28H31ClFN5O2/c1-5-26-18(4)33-27(13-31-26)32-17(3)22-12-20(7-6-16(22)2)34-28(37)19-10-24(29)23(25(30)11-19)15-35-9-8-21(36)14-35/h5-7,10-13,17,21,36H,4,8-9,14-15H2,1-3H3,(H,32,33)(H,34,37)/b26-5+/t17?,21-/m1/s1. The van der Waals surface area contributed by atoms with Crippen LogP contribution in [0.4, 0.5) is 15.9 Å².